The first kappa shape index (κ1) is 21.1. The van der Waals surface area contributed by atoms with Crippen molar-refractivity contribution in [3.63, 3.8) is 0 Å². The quantitative estimate of drug-likeness (QED) is 0.211. The molecule has 1 heterocycles. The maximum Gasteiger partial charge on any atom is 0.196 e. The molecule has 0 atom stereocenters. The van der Waals surface area contributed by atoms with Gasteiger partial charge in [-0.2, -0.15) is 0 Å². The lowest BCUT2D eigenvalue weighted by Crippen LogP contribution is -2.03. The Morgan fingerprint density at radius 3 is 2.30 bits per heavy atom. The first-order chi connectivity index (χ1) is 14.6. The highest BCUT2D eigenvalue weighted by Gasteiger charge is 2.16. The number of halogens is 3. The number of rotatable bonds is 7. The molecular weight excluding hydrogens is 461 g/mol. The standard InChI is InChI=1S/C22H16Cl3N3OS/c23-16-6-9-18(10-7-16)28-21(15-4-2-1-3-5-15)26-27-22(28)30-13-12-29-20-11-8-17(24)14-19(20)25/h1-11,14H,12-13H2. The molecule has 0 unspecified atom stereocenters. The second-order valence-electron chi connectivity index (χ2n) is 6.26. The van der Waals surface area contributed by atoms with Gasteiger partial charge in [0.05, 0.1) is 11.6 Å². The third-order valence-electron chi connectivity index (χ3n) is 4.22. The van der Waals surface area contributed by atoms with Crippen LogP contribution in [0.25, 0.3) is 17.1 Å². The lowest BCUT2D eigenvalue weighted by atomic mass is 10.2. The second-order valence-corrected chi connectivity index (χ2v) is 8.60. The van der Waals surface area contributed by atoms with E-state index in [-0.39, 0.29) is 0 Å². The van der Waals surface area contributed by atoms with Crippen LogP contribution in [-0.2, 0) is 0 Å². The molecule has 4 nitrogen and oxygen atoms in total. The zero-order chi connectivity index (χ0) is 20.9. The van der Waals surface area contributed by atoms with Gasteiger partial charge in [-0.25, -0.2) is 0 Å². The number of ether oxygens (including phenoxy) is 1. The minimum atomic E-state index is 0.458. The van der Waals surface area contributed by atoms with E-state index in [2.05, 4.69) is 10.2 Å². The molecule has 8 heteroatoms. The number of hydrogen-bond donors (Lipinski definition) is 0. The van der Waals surface area contributed by atoms with E-state index in [1.807, 2.05) is 59.2 Å². The van der Waals surface area contributed by atoms with E-state index < -0.39 is 0 Å². The molecule has 30 heavy (non-hydrogen) atoms. The summed E-state index contributed by atoms with van der Waals surface area (Å²) in [6.07, 6.45) is 0. The highest BCUT2D eigenvalue weighted by molar-refractivity contribution is 7.99. The normalized spacial score (nSPS) is 10.9. The van der Waals surface area contributed by atoms with E-state index in [0.717, 1.165) is 22.2 Å². The number of hydrogen-bond acceptors (Lipinski definition) is 4. The zero-order valence-electron chi connectivity index (χ0n) is 15.6. The average molecular weight is 477 g/mol. The smallest absolute Gasteiger partial charge is 0.196 e. The monoisotopic (exact) mass is 475 g/mol. The van der Waals surface area contributed by atoms with Crippen LogP contribution in [0, 0.1) is 0 Å². The van der Waals surface area contributed by atoms with E-state index in [1.165, 1.54) is 0 Å². The van der Waals surface area contributed by atoms with Crippen molar-refractivity contribution in [2.75, 3.05) is 12.4 Å². The molecule has 0 N–H and O–H groups in total. The van der Waals surface area contributed by atoms with Crippen LogP contribution in [0.5, 0.6) is 5.75 Å². The molecular formula is C22H16Cl3N3OS. The van der Waals surface area contributed by atoms with Gasteiger partial charge >= 0.3 is 0 Å². The summed E-state index contributed by atoms with van der Waals surface area (Å²) in [5.41, 5.74) is 1.92. The highest BCUT2D eigenvalue weighted by Crippen LogP contribution is 2.30. The van der Waals surface area contributed by atoms with Gasteiger partial charge in [-0.05, 0) is 42.5 Å². The molecule has 4 rings (SSSR count). The van der Waals surface area contributed by atoms with Gasteiger partial charge in [-0.3, -0.25) is 4.57 Å². The summed E-state index contributed by atoms with van der Waals surface area (Å²) in [4.78, 5) is 0. The fraction of sp³-hybridized carbons (Fsp3) is 0.0909. The van der Waals surface area contributed by atoms with Crippen molar-refractivity contribution in [1.29, 1.82) is 0 Å². The van der Waals surface area contributed by atoms with Crippen molar-refractivity contribution < 1.29 is 4.74 Å². The Morgan fingerprint density at radius 2 is 1.57 bits per heavy atom. The van der Waals surface area contributed by atoms with Crippen LogP contribution in [-0.4, -0.2) is 27.1 Å². The first-order valence-corrected chi connectivity index (χ1v) is 11.2. The molecule has 0 aliphatic carbocycles. The van der Waals surface area contributed by atoms with Gasteiger partial charge in [-0.1, -0.05) is 76.9 Å². The Kier molecular flexibility index (Phi) is 6.85. The van der Waals surface area contributed by atoms with Gasteiger partial charge < -0.3 is 4.74 Å². The lowest BCUT2D eigenvalue weighted by molar-refractivity contribution is 0.344. The number of aromatic nitrogens is 3. The molecule has 0 saturated heterocycles. The van der Waals surface area contributed by atoms with Crippen molar-refractivity contribution in [2.24, 2.45) is 0 Å². The van der Waals surface area contributed by atoms with E-state index in [1.54, 1.807) is 30.0 Å². The van der Waals surface area contributed by atoms with E-state index in [0.29, 0.717) is 33.2 Å². The minimum Gasteiger partial charge on any atom is -0.491 e. The van der Waals surface area contributed by atoms with E-state index in [4.69, 9.17) is 39.5 Å². The Bertz CT molecular complexity index is 1130. The summed E-state index contributed by atoms with van der Waals surface area (Å²) in [7, 11) is 0. The molecule has 0 amide bonds. The van der Waals surface area contributed by atoms with Gasteiger partial charge in [0.2, 0.25) is 0 Å². The molecule has 0 aliphatic rings. The molecule has 152 valence electrons. The van der Waals surface area contributed by atoms with Crippen LogP contribution < -0.4 is 4.74 Å². The second kappa shape index (κ2) is 9.75. The molecule has 0 saturated carbocycles. The van der Waals surface area contributed by atoms with Gasteiger partial charge in [0.25, 0.3) is 0 Å². The first-order valence-electron chi connectivity index (χ1n) is 9.09. The molecule has 0 fully saturated rings. The summed E-state index contributed by atoms with van der Waals surface area (Å²) < 4.78 is 7.80. The van der Waals surface area contributed by atoms with Gasteiger partial charge in [0, 0.05) is 27.0 Å². The maximum atomic E-state index is 6.16. The van der Waals surface area contributed by atoms with Crippen molar-refractivity contribution in [3.05, 3.63) is 87.9 Å². The molecule has 0 radical (unpaired) electrons. The van der Waals surface area contributed by atoms with Crippen LogP contribution in [0.4, 0.5) is 0 Å². The molecule has 0 spiro atoms. The SMILES string of the molecule is Clc1ccc(-n2c(SCCOc3ccc(Cl)cc3Cl)nnc2-c2ccccc2)cc1. The number of nitrogens with zero attached hydrogens (tertiary/aromatic N) is 3. The summed E-state index contributed by atoms with van der Waals surface area (Å²) in [6.45, 7) is 0.458. The molecule has 0 aliphatic heterocycles. The van der Waals surface area contributed by atoms with Crippen LogP contribution in [0.15, 0.2) is 78.0 Å². The number of benzene rings is 3. The van der Waals surface area contributed by atoms with Gasteiger partial charge in [0.1, 0.15) is 5.75 Å². The Labute approximate surface area is 193 Å². The van der Waals surface area contributed by atoms with Crippen molar-refractivity contribution in [1.82, 2.24) is 14.8 Å². The lowest BCUT2D eigenvalue weighted by Gasteiger charge is -2.11. The Morgan fingerprint density at radius 1 is 0.833 bits per heavy atom. The summed E-state index contributed by atoms with van der Waals surface area (Å²) in [5, 5.41) is 11.3. The third kappa shape index (κ3) is 4.93. The third-order valence-corrected chi connectivity index (χ3v) is 5.89. The van der Waals surface area contributed by atoms with Crippen LogP contribution in [0.2, 0.25) is 15.1 Å². The van der Waals surface area contributed by atoms with E-state index in [9.17, 15) is 0 Å². The topological polar surface area (TPSA) is 39.9 Å². The van der Waals surface area contributed by atoms with Crippen molar-refractivity contribution in [2.45, 2.75) is 5.16 Å². The molecule has 0 bridgehead atoms. The summed E-state index contributed by atoms with van der Waals surface area (Å²) in [5.74, 6) is 2.03. The largest absolute Gasteiger partial charge is 0.491 e. The predicted octanol–water partition coefficient (Wildman–Crippen LogP) is 7.07. The van der Waals surface area contributed by atoms with Gasteiger partial charge in [-0.15, -0.1) is 10.2 Å². The Hall–Kier alpha value is -2.18. The van der Waals surface area contributed by atoms with Gasteiger partial charge in [0.15, 0.2) is 11.0 Å². The molecule has 3 aromatic carbocycles. The minimum absolute atomic E-state index is 0.458. The fourth-order valence-corrected chi connectivity index (χ4v) is 4.20. The van der Waals surface area contributed by atoms with Crippen molar-refractivity contribution in [3.8, 4) is 22.8 Å². The zero-order valence-corrected chi connectivity index (χ0v) is 18.7. The van der Waals surface area contributed by atoms with Crippen LogP contribution in [0.1, 0.15) is 0 Å². The van der Waals surface area contributed by atoms with Crippen LogP contribution in [0.3, 0.4) is 0 Å². The predicted molar refractivity (Wildman–Crippen MR) is 124 cm³/mol. The molecule has 1 aromatic heterocycles. The summed E-state index contributed by atoms with van der Waals surface area (Å²) >= 11 is 19.7. The Balaban J connectivity index is 1.54. The van der Waals surface area contributed by atoms with Crippen LogP contribution >= 0.6 is 46.6 Å². The highest BCUT2D eigenvalue weighted by atomic mass is 35.5. The fourth-order valence-electron chi connectivity index (χ4n) is 2.84. The summed E-state index contributed by atoms with van der Waals surface area (Å²) in [6, 6.07) is 22.7. The number of thioether (sulfide) groups is 1. The van der Waals surface area contributed by atoms with E-state index >= 15 is 0 Å². The maximum absolute atomic E-state index is 6.16. The van der Waals surface area contributed by atoms with Crippen molar-refractivity contribution >= 4 is 46.6 Å². The average Bonchev–Trinajstić information content (AvgIpc) is 3.17. The molecule has 4 aromatic rings.